The molecule has 1 unspecified atom stereocenters. The maximum atomic E-state index is 13.7. The van der Waals surface area contributed by atoms with Gasteiger partial charge in [0.2, 0.25) is 0 Å². The molecule has 2 atom stereocenters. The van der Waals surface area contributed by atoms with E-state index in [1.165, 1.54) is 16.7 Å². The molecule has 0 saturated carbocycles. The Morgan fingerprint density at radius 1 is 0.765 bits per heavy atom. The van der Waals surface area contributed by atoms with Gasteiger partial charge in [-0.25, -0.2) is 0 Å². The zero-order valence-electron chi connectivity index (χ0n) is 19.1. The van der Waals surface area contributed by atoms with Crippen LogP contribution in [-0.2, 0) is 6.54 Å². The fourth-order valence-corrected chi connectivity index (χ4v) is 6.17. The van der Waals surface area contributed by atoms with Gasteiger partial charge in [-0.15, -0.1) is 0 Å². The van der Waals surface area contributed by atoms with Crippen molar-refractivity contribution < 1.29 is 4.89 Å². The normalized spacial score (nSPS) is 18.2. The molecule has 1 fully saturated rings. The summed E-state index contributed by atoms with van der Waals surface area (Å²) in [5, 5.41) is 3.52. The van der Waals surface area contributed by atoms with Crippen molar-refractivity contribution in [3.05, 3.63) is 121 Å². The van der Waals surface area contributed by atoms with E-state index in [4.69, 9.17) is 0 Å². The molecule has 34 heavy (non-hydrogen) atoms. The SMILES string of the molecule is [O-]P1N(c2ccccc2)C[C@H](CCNc2ccccc2)N1Cc1cccc(-c2ccccc2)c1. The molecule has 0 bridgehead atoms. The van der Waals surface area contributed by atoms with Crippen LogP contribution in [0.1, 0.15) is 12.0 Å². The van der Waals surface area contributed by atoms with E-state index in [1.54, 1.807) is 0 Å². The van der Waals surface area contributed by atoms with Crippen molar-refractivity contribution in [3.63, 3.8) is 0 Å². The molecule has 0 amide bonds. The molecule has 5 heteroatoms. The van der Waals surface area contributed by atoms with Crippen LogP contribution < -0.4 is 14.9 Å². The number of nitrogens with one attached hydrogen (secondary N) is 1. The topological polar surface area (TPSA) is 41.6 Å². The van der Waals surface area contributed by atoms with Crippen molar-refractivity contribution in [1.82, 2.24) is 4.67 Å². The second-order valence-corrected chi connectivity index (χ2v) is 10.1. The molecule has 1 heterocycles. The van der Waals surface area contributed by atoms with Crippen LogP contribution in [0.25, 0.3) is 11.1 Å². The van der Waals surface area contributed by atoms with E-state index >= 15 is 0 Å². The largest absolute Gasteiger partial charge is 0.801 e. The minimum Gasteiger partial charge on any atom is -0.801 e. The standard InChI is InChI=1S/C29H29N3OP/c33-34-31(22-24-11-10-14-26(21-24)25-12-4-1-5-13-25)29(19-20-30-27-15-6-2-7-16-27)23-32(34)28-17-8-3-9-18-28/h1-18,21,29-30H,19-20,22-23H2/q-1/t29-,34?/m0/s1. The van der Waals surface area contributed by atoms with E-state index in [0.29, 0.717) is 6.54 Å². The molecule has 1 N–H and O–H groups in total. The van der Waals surface area contributed by atoms with Gasteiger partial charge in [0.05, 0.1) is 0 Å². The lowest BCUT2D eigenvalue weighted by atomic mass is 10.0. The van der Waals surface area contributed by atoms with Gasteiger partial charge < -0.3 is 14.9 Å². The summed E-state index contributed by atoms with van der Waals surface area (Å²) in [7, 11) is -1.68. The number of rotatable bonds is 8. The zero-order valence-corrected chi connectivity index (χ0v) is 20.0. The van der Waals surface area contributed by atoms with Crippen molar-refractivity contribution in [2.45, 2.75) is 19.0 Å². The van der Waals surface area contributed by atoms with Crippen LogP contribution in [0, 0.1) is 0 Å². The lowest BCUT2D eigenvalue weighted by molar-refractivity contribution is -0.170. The molecule has 0 radical (unpaired) electrons. The molecule has 172 valence electrons. The van der Waals surface area contributed by atoms with Gasteiger partial charge in [-0.05, 0) is 61.9 Å². The molecular formula is C29H29N3OP-. The van der Waals surface area contributed by atoms with E-state index in [9.17, 15) is 4.89 Å². The van der Waals surface area contributed by atoms with E-state index < -0.39 is 8.45 Å². The summed E-state index contributed by atoms with van der Waals surface area (Å²) in [5.74, 6) is 0. The summed E-state index contributed by atoms with van der Waals surface area (Å²) < 4.78 is 4.24. The lowest BCUT2D eigenvalue weighted by Gasteiger charge is -2.37. The number of benzene rings is 4. The highest BCUT2D eigenvalue weighted by Crippen LogP contribution is 2.48. The summed E-state index contributed by atoms with van der Waals surface area (Å²) >= 11 is 0. The third-order valence-electron chi connectivity index (χ3n) is 6.24. The molecular weight excluding hydrogens is 437 g/mol. The molecule has 1 aliphatic heterocycles. The average Bonchev–Trinajstić information content (AvgIpc) is 3.21. The van der Waals surface area contributed by atoms with Crippen LogP contribution in [0.3, 0.4) is 0 Å². The van der Waals surface area contributed by atoms with Crippen molar-refractivity contribution in [1.29, 1.82) is 0 Å². The Labute approximate surface area is 203 Å². The van der Waals surface area contributed by atoms with Gasteiger partial charge in [-0.1, -0.05) is 84.9 Å². The van der Waals surface area contributed by atoms with Crippen LogP contribution in [0.5, 0.6) is 0 Å². The smallest absolute Gasteiger partial charge is 0.0399 e. The van der Waals surface area contributed by atoms with Crippen molar-refractivity contribution in [3.8, 4) is 11.1 Å². The maximum Gasteiger partial charge on any atom is 0.0399 e. The van der Waals surface area contributed by atoms with Crippen LogP contribution in [0.15, 0.2) is 115 Å². The number of para-hydroxylation sites is 2. The first kappa shape index (κ1) is 22.6. The summed E-state index contributed by atoms with van der Waals surface area (Å²) in [6.45, 7) is 2.25. The van der Waals surface area contributed by atoms with Crippen molar-refractivity contribution in [2.75, 3.05) is 23.1 Å². The Bertz CT molecular complexity index is 1170. The summed E-state index contributed by atoms with van der Waals surface area (Å²) in [6, 6.07) is 39.6. The van der Waals surface area contributed by atoms with E-state index in [-0.39, 0.29) is 6.04 Å². The maximum absolute atomic E-state index is 13.7. The molecule has 0 spiro atoms. The van der Waals surface area contributed by atoms with Gasteiger partial charge in [0.15, 0.2) is 0 Å². The fourth-order valence-electron chi connectivity index (χ4n) is 4.48. The highest BCUT2D eigenvalue weighted by molar-refractivity contribution is 7.49. The molecule has 5 rings (SSSR count). The van der Waals surface area contributed by atoms with Gasteiger partial charge in [0, 0.05) is 37.1 Å². The Morgan fingerprint density at radius 3 is 2.15 bits per heavy atom. The number of hydrogen-bond donors (Lipinski definition) is 1. The van der Waals surface area contributed by atoms with E-state index in [0.717, 1.165) is 30.9 Å². The van der Waals surface area contributed by atoms with Crippen LogP contribution >= 0.6 is 8.45 Å². The molecule has 0 aromatic heterocycles. The zero-order chi connectivity index (χ0) is 23.2. The quantitative estimate of drug-likeness (QED) is 0.317. The average molecular weight is 467 g/mol. The predicted octanol–water partition coefficient (Wildman–Crippen LogP) is 6.13. The van der Waals surface area contributed by atoms with Gasteiger partial charge in [-0.2, -0.15) is 0 Å². The Morgan fingerprint density at radius 2 is 1.41 bits per heavy atom. The lowest BCUT2D eigenvalue weighted by Crippen LogP contribution is -2.31. The van der Waals surface area contributed by atoms with Crippen molar-refractivity contribution in [2.24, 2.45) is 0 Å². The van der Waals surface area contributed by atoms with Gasteiger partial charge in [0.1, 0.15) is 0 Å². The summed E-state index contributed by atoms with van der Waals surface area (Å²) in [5.41, 5.74) is 5.71. The van der Waals surface area contributed by atoms with Crippen LogP contribution in [0.2, 0.25) is 0 Å². The van der Waals surface area contributed by atoms with Crippen LogP contribution in [0.4, 0.5) is 11.4 Å². The second-order valence-electron chi connectivity index (χ2n) is 8.57. The van der Waals surface area contributed by atoms with Gasteiger partial charge in [-0.3, -0.25) is 4.67 Å². The predicted molar refractivity (Wildman–Crippen MR) is 141 cm³/mol. The van der Waals surface area contributed by atoms with E-state index in [2.05, 4.69) is 75.3 Å². The Balaban J connectivity index is 1.34. The van der Waals surface area contributed by atoms with Crippen molar-refractivity contribution >= 4 is 19.8 Å². The first-order valence-corrected chi connectivity index (χ1v) is 12.9. The molecule has 1 aliphatic rings. The molecule has 4 nitrogen and oxygen atoms in total. The van der Waals surface area contributed by atoms with Gasteiger partial charge >= 0.3 is 0 Å². The second kappa shape index (κ2) is 10.8. The molecule has 4 aromatic carbocycles. The number of anilines is 2. The third-order valence-corrected chi connectivity index (χ3v) is 7.96. The van der Waals surface area contributed by atoms with Gasteiger partial charge in [0.25, 0.3) is 0 Å². The fraction of sp³-hybridized carbons (Fsp3) is 0.172. The first-order valence-electron chi connectivity index (χ1n) is 11.8. The monoisotopic (exact) mass is 466 g/mol. The third kappa shape index (κ3) is 5.31. The molecule has 4 aromatic rings. The first-order chi connectivity index (χ1) is 16.8. The summed E-state index contributed by atoms with van der Waals surface area (Å²) in [6.07, 6.45) is 0.914. The number of hydrogen-bond acceptors (Lipinski definition) is 4. The Kier molecular flexibility index (Phi) is 7.21. The van der Waals surface area contributed by atoms with E-state index in [1.807, 2.05) is 54.6 Å². The highest BCUT2D eigenvalue weighted by Gasteiger charge is 2.33. The molecule has 1 saturated heterocycles. The minimum atomic E-state index is -1.68. The van der Waals surface area contributed by atoms with Crippen LogP contribution in [-0.4, -0.2) is 23.8 Å². The summed E-state index contributed by atoms with van der Waals surface area (Å²) in [4.78, 5) is 13.7. The highest BCUT2D eigenvalue weighted by atomic mass is 31.2. The Hall–Kier alpha value is -3.17. The molecule has 0 aliphatic carbocycles. The minimum absolute atomic E-state index is 0.195. The number of nitrogens with zero attached hydrogens (tertiary/aromatic N) is 2.